The molecule has 0 bridgehead atoms. The van der Waals surface area contributed by atoms with Gasteiger partial charge in [-0.25, -0.2) is 0 Å². The van der Waals surface area contributed by atoms with E-state index in [1.807, 2.05) is 48.9 Å². The second-order valence-corrected chi connectivity index (χ2v) is 6.82. The molecular formula is C22H29N2NaO3. The fourth-order valence-corrected chi connectivity index (χ4v) is 3.31. The molecule has 0 radical (unpaired) electrons. The molecule has 28 heavy (non-hydrogen) atoms. The van der Waals surface area contributed by atoms with Gasteiger partial charge in [0.2, 0.25) is 0 Å². The second-order valence-electron chi connectivity index (χ2n) is 6.82. The third-order valence-corrected chi connectivity index (χ3v) is 4.84. The van der Waals surface area contributed by atoms with Crippen LogP contribution >= 0.6 is 0 Å². The van der Waals surface area contributed by atoms with Gasteiger partial charge in [0.05, 0.1) is 0 Å². The number of hydrogen-bond donors (Lipinski definition) is 1. The molecule has 0 aliphatic rings. The van der Waals surface area contributed by atoms with Crippen molar-refractivity contribution in [2.45, 2.75) is 52.4 Å². The van der Waals surface area contributed by atoms with E-state index in [-0.39, 0.29) is 41.8 Å². The molecule has 0 unspecified atom stereocenters. The molecule has 1 heterocycles. The van der Waals surface area contributed by atoms with Gasteiger partial charge >= 0.3 is 29.6 Å². The van der Waals surface area contributed by atoms with Crippen LogP contribution in [0.3, 0.4) is 0 Å². The zero-order valence-electron chi connectivity index (χ0n) is 17.5. The summed E-state index contributed by atoms with van der Waals surface area (Å²) in [5.74, 6) is -1.03. The number of carboxylic acid groups (broad SMARTS) is 1. The second kappa shape index (κ2) is 12.1. The van der Waals surface area contributed by atoms with Gasteiger partial charge in [-0.05, 0) is 50.3 Å². The summed E-state index contributed by atoms with van der Waals surface area (Å²) < 4.78 is 2.02. The number of rotatable bonds is 11. The molecule has 0 atom stereocenters. The van der Waals surface area contributed by atoms with Gasteiger partial charge in [-0.15, -0.1) is 0 Å². The first kappa shape index (κ1) is 24.5. The summed E-state index contributed by atoms with van der Waals surface area (Å²) in [5, 5.41) is 14.0. The monoisotopic (exact) mass is 392 g/mol. The van der Waals surface area contributed by atoms with E-state index in [1.54, 1.807) is 0 Å². The maximum absolute atomic E-state index is 13.1. The number of ketones is 1. The van der Waals surface area contributed by atoms with Crippen LogP contribution in [-0.4, -0.2) is 22.9 Å². The maximum Gasteiger partial charge on any atom is 1.00 e. The summed E-state index contributed by atoms with van der Waals surface area (Å²) >= 11 is 0. The third kappa shape index (κ3) is 6.50. The summed E-state index contributed by atoms with van der Waals surface area (Å²) in [7, 11) is 1.94. The van der Waals surface area contributed by atoms with E-state index in [0.29, 0.717) is 24.0 Å². The molecule has 0 spiro atoms. The SMILES string of the molecule is CCCCNc1cccc(C(=O)c2cc(CCCC(=O)[O-])n(C)c2CC)c1.[Na+]. The van der Waals surface area contributed by atoms with Crippen LogP contribution in [0.2, 0.25) is 0 Å². The number of hydrogen-bond acceptors (Lipinski definition) is 4. The van der Waals surface area contributed by atoms with Gasteiger partial charge < -0.3 is 19.8 Å². The molecule has 0 saturated heterocycles. The number of benzene rings is 1. The standard InChI is InChI=1S/C22H30N2O3.Na/c1-4-6-13-23-17-10-7-9-16(14-17)22(27)19-15-18(11-8-12-21(25)26)24(3)20(19)5-2;/h7,9-10,14-15,23H,4-6,8,11-13H2,1-3H3,(H,25,26);/q;+1/p-1. The number of aryl methyl sites for hydroxylation is 1. The minimum Gasteiger partial charge on any atom is -0.550 e. The minimum atomic E-state index is -1.04. The van der Waals surface area contributed by atoms with Gasteiger partial charge in [0, 0.05) is 47.8 Å². The molecule has 0 saturated carbocycles. The number of nitrogens with one attached hydrogen (secondary N) is 1. The largest absolute Gasteiger partial charge is 1.00 e. The topological polar surface area (TPSA) is 74.2 Å². The average molecular weight is 392 g/mol. The zero-order valence-corrected chi connectivity index (χ0v) is 19.5. The van der Waals surface area contributed by atoms with Crippen molar-refractivity contribution in [3.8, 4) is 0 Å². The smallest absolute Gasteiger partial charge is 0.550 e. The molecule has 2 aromatic rings. The van der Waals surface area contributed by atoms with Crippen molar-refractivity contribution in [3.63, 3.8) is 0 Å². The zero-order chi connectivity index (χ0) is 19.8. The van der Waals surface area contributed by atoms with Crippen molar-refractivity contribution in [2.24, 2.45) is 7.05 Å². The normalized spacial score (nSPS) is 10.4. The predicted octanol–water partition coefficient (Wildman–Crippen LogP) is 0.107. The molecule has 1 aromatic carbocycles. The first-order chi connectivity index (χ1) is 13.0. The van der Waals surface area contributed by atoms with Crippen LogP contribution in [0.1, 0.15) is 66.8 Å². The Balaban J connectivity index is 0.00000392. The van der Waals surface area contributed by atoms with Gasteiger partial charge in [-0.1, -0.05) is 32.4 Å². The molecule has 1 aromatic heterocycles. The van der Waals surface area contributed by atoms with Gasteiger partial charge in [-0.3, -0.25) is 4.79 Å². The molecule has 6 heteroatoms. The van der Waals surface area contributed by atoms with Crippen LogP contribution in [0.15, 0.2) is 30.3 Å². The van der Waals surface area contributed by atoms with Crippen LogP contribution < -0.4 is 40.0 Å². The summed E-state index contributed by atoms with van der Waals surface area (Å²) in [6.07, 6.45) is 4.10. The predicted molar refractivity (Wildman–Crippen MR) is 106 cm³/mol. The number of aromatic nitrogens is 1. The number of anilines is 1. The molecule has 146 valence electrons. The number of aliphatic carboxylic acids is 1. The fourth-order valence-electron chi connectivity index (χ4n) is 3.31. The minimum absolute atomic E-state index is 0. The van der Waals surface area contributed by atoms with E-state index < -0.39 is 5.97 Å². The Labute approximate surface area is 189 Å². The van der Waals surface area contributed by atoms with Gasteiger partial charge in [0.1, 0.15) is 0 Å². The Bertz CT molecular complexity index is 799. The summed E-state index contributed by atoms with van der Waals surface area (Å²) in [6, 6.07) is 9.53. The van der Waals surface area contributed by atoms with E-state index in [9.17, 15) is 14.7 Å². The van der Waals surface area contributed by atoms with Crippen molar-refractivity contribution < 1.29 is 44.3 Å². The Morgan fingerprint density at radius 3 is 2.54 bits per heavy atom. The number of carbonyl (C=O) groups is 2. The average Bonchev–Trinajstić information content (AvgIpc) is 2.97. The summed E-state index contributed by atoms with van der Waals surface area (Å²) in [6.45, 7) is 5.07. The molecule has 0 fully saturated rings. The van der Waals surface area contributed by atoms with Crippen molar-refractivity contribution in [2.75, 3.05) is 11.9 Å². The van der Waals surface area contributed by atoms with E-state index >= 15 is 0 Å². The molecule has 5 nitrogen and oxygen atoms in total. The molecule has 0 amide bonds. The maximum atomic E-state index is 13.1. The Hall–Kier alpha value is -1.56. The molecule has 0 aliphatic heterocycles. The number of carbonyl (C=O) groups excluding carboxylic acids is 2. The van der Waals surface area contributed by atoms with Crippen molar-refractivity contribution in [3.05, 3.63) is 52.8 Å². The first-order valence-corrected chi connectivity index (χ1v) is 9.73. The third-order valence-electron chi connectivity index (χ3n) is 4.84. The Kier molecular flexibility index (Phi) is 10.6. The molecule has 1 N–H and O–H groups in total. The van der Waals surface area contributed by atoms with E-state index in [0.717, 1.165) is 42.9 Å². The van der Waals surface area contributed by atoms with E-state index in [2.05, 4.69) is 12.2 Å². The quantitative estimate of drug-likeness (QED) is 0.335. The van der Waals surface area contributed by atoms with Crippen LogP contribution in [0.4, 0.5) is 5.69 Å². The molecule has 0 aliphatic carbocycles. The van der Waals surface area contributed by atoms with E-state index in [4.69, 9.17) is 0 Å². The number of nitrogens with zero attached hydrogens (tertiary/aromatic N) is 1. The Morgan fingerprint density at radius 1 is 1.14 bits per heavy atom. The summed E-state index contributed by atoms with van der Waals surface area (Å²) in [4.78, 5) is 23.8. The van der Waals surface area contributed by atoms with Crippen molar-refractivity contribution >= 4 is 17.4 Å². The van der Waals surface area contributed by atoms with Crippen molar-refractivity contribution in [1.82, 2.24) is 4.57 Å². The number of carboxylic acids is 1. The first-order valence-electron chi connectivity index (χ1n) is 9.73. The Morgan fingerprint density at radius 2 is 1.89 bits per heavy atom. The molecule has 2 rings (SSSR count). The van der Waals surface area contributed by atoms with Crippen LogP contribution in [-0.2, 0) is 24.7 Å². The van der Waals surface area contributed by atoms with Gasteiger partial charge in [-0.2, -0.15) is 0 Å². The summed E-state index contributed by atoms with van der Waals surface area (Å²) in [5.41, 5.74) is 4.28. The van der Waals surface area contributed by atoms with Crippen LogP contribution in [0.25, 0.3) is 0 Å². The van der Waals surface area contributed by atoms with E-state index in [1.165, 1.54) is 0 Å². The van der Waals surface area contributed by atoms with Crippen LogP contribution in [0, 0.1) is 0 Å². The molecular weight excluding hydrogens is 363 g/mol. The van der Waals surface area contributed by atoms with Crippen molar-refractivity contribution in [1.29, 1.82) is 0 Å². The van der Waals surface area contributed by atoms with Gasteiger partial charge in [0.15, 0.2) is 5.78 Å². The van der Waals surface area contributed by atoms with Crippen LogP contribution in [0.5, 0.6) is 0 Å². The van der Waals surface area contributed by atoms with Gasteiger partial charge in [0.25, 0.3) is 0 Å². The fraction of sp³-hybridized carbons (Fsp3) is 0.455. The number of unbranched alkanes of at least 4 members (excludes halogenated alkanes) is 1.